The van der Waals surface area contributed by atoms with Crippen LogP contribution < -0.4 is 14.5 Å². The lowest BCUT2D eigenvalue weighted by atomic mass is 9.74. The second-order valence-electron chi connectivity index (χ2n) is 15.0. The van der Waals surface area contributed by atoms with Crippen molar-refractivity contribution in [1.29, 1.82) is 0 Å². The first kappa shape index (κ1) is 38.2. The number of piperidine rings is 1. The lowest BCUT2D eigenvalue weighted by Crippen LogP contribution is -2.53. The lowest BCUT2D eigenvalue weighted by Gasteiger charge is -2.44. The van der Waals surface area contributed by atoms with Crippen LogP contribution in [0.4, 0.5) is 21.2 Å². The van der Waals surface area contributed by atoms with Crippen LogP contribution in [0.2, 0.25) is 5.02 Å². The van der Waals surface area contributed by atoms with E-state index in [-0.39, 0.29) is 27.0 Å². The fourth-order valence-electron chi connectivity index (χ4n) is 5.59. The third-order valence-electron chi connectivity index (χ3n) is 7.89. The van der Waals surface area contributed by atoms with Gasteiger partial charge in [-0.3, -0.25) is 0 Å². The molecule has 2 aromatic rings. The second kappa shape index (κ2) is 14.7. The van der Waals surface area contributed by atoms with Gasteiger partial charge in [-0.1, -0.05) is 29.8 Å². The highest BCUT2D eigenvalue weighted by Gasteiger charge is 2.48. The van der Waals surface area contributed by atoms with E-state index >= 15 is 0 Å². The maximum atomic E-state index is 13.2. The van der Waals surface area contributed by atoms with Gasteiger partial charge in [0.15, 0.2) is 5.82 Å². The highest BCUT2D eigenvalue weighted by molar-refractivity contribution is 14.1. The van der Waals surface area contributed by atoms with Gasteiger partial charge in [-0.2, -0.15) is 4.90 Å². The monoisotopic (exact) mass is 820 g/mol. The van der Waals surface area contributed by atoms with Gasteiger partial charge in [0.05, 0.1) is 17.3 Å². The van der Waals surface area contributed by atoms with Gasteiger partial charge in [0.25, 0.3) is 0 Å². The van der Waals surface area contributed by atoms with Gasteiger partial charge in [-0.15, -0.1) is 4.72 Å². The number of hydrogen-bond donors (Lipinski definition) is 1. The Labute approximate surface area is 304 Å². The van der Waals surface area contributed by atoms with E-state index in [0.29, 0.717) is 13.6 Å². The molecule has 2 amide bonds. The standard InChI is InChI=1S/C32H46ClIN6O5S2/c1-29(2,3)44-27(41)40(28(42)45-30(4,5)6)25-23(33)20(12-16-35-25)46-26-24(34)37-22(19-36-26)39-17-14-32(15-18-39)13-10-11-21(32)38-47(43)31(7,8)9/h12,16,19,21,38H,10-11,13-15,17-18H2,1-9H3/t21-,47-/m1/s1. The number of hydrogen-bond acceptors (Lipinski definition) is 11. The quantitative estimate of drug-likeness (QED) is 0.224. The normalized spacial score (nSPS) is 19.1. The van der Waals surface area contributed by atoms with Gasteiger partial charge in [0.1, 0.15) is 30.5 Å². The van der Waals surface area contributed by atoms with E-state index in [0.717, 1.165) is 55.9 Å². The van der Waals surface area contributed by atoms with Crippen LogP contribution in [0.5, 0.6) is 0 Å². The smallest absolute Gasteiger partial charge is 0.425 e. The van der Waals surface area contributed by atoms with Crippen LogP contribution in [0.15, 0.2) is 28.4 Å². The molecule has 2 aliphatic rings. The molecule has 0 radical (unpaired) electrons. The minimum Gasteiger partial charge on any atom is -0.598 e. The number of halogens is 2. The number of anilines is 2. The number of rotatable bonds is 6. The zero-order valence-corrected chi connectivity index (χ0v) is 33.2. The molecule has 1 spiro atoms. The molecule has 2 fully saturated rings. The van der Waals surface area contributed by atoms with Crippen LogP contribution in [-0.4, -0.2) is 66.8 Å². The van der Waals surface area contributed by atoms with E-state index < -0.39 is 34.8 Å². The lowest BCUT2D eigenvalue weighted by molar-refractivity contribution is 0.0429. The number of nitrogens with zero attached hydrogens (tertiary/aromatic N) is 5. The Kier molecular flexibility index (Phi) is 12.0. The molecule has 3 heterocycles. The predicted molar refractivity (Wildman–Crippen MR) is 196 cm³/mol. The van der Waals surface area contributed by atoms with Crippen molar-refractivity contribution in [3.8, 4) is 0 Å². The molecule has 0 bridgehead atoms. The Morgan fingerprint density at radius 2 is 1.66 bits per heavy atom. The van der Waals surface area contributed by atoms with Crippen molar-refractivity contribution in [2.75, 3.05) is 22.9 Å². The van der Waals surface area contributed by atoms with Crippen molar-refractivity contribution in [3.05, 3.63) is 27.2 Å². The summed E-state index contributed by atoms with van der Waals surface area (Å²) in [5, 5.41) is 0.692. The van der Waals surface area contributed by atoms with Gasteiger partial charge in [-0.05, 0) is 122 Å². The summed E-state index contributed by atoms with van der Waals surface area (Å²) in [6, 6.07) is 1.94. The molecule has 1 aliphatic heterocycles. The van der Waals surface area contributed by atoms with Gasteiger partial charge >= 0.3 is 12.2 Å². The molecule has 1 saturated carbocycles. The first-order valence-corrected chi connectivity index (χ1v) is 19.2. The molecular weight excluding hydrogens is 775 g/mol. The molecule has 47 heavy (non-hydrogen) atoms. The first-order chi connectivity index (χ1) is 21.7. The van der Waals surface area contributed by atoms with E-state index in [1.165, 1.54) is 18.0 Å². The number of imide groups is 1. The number of ether oxygens (including phenoxy) is 2. The number of carbonyl (C=O) groups is 2. The molecule has 1 aliphatic carbocycles. The Hall–Kier alpha value is -1.59. The second-order valence-corrected chi connectivity index (χ2v) is 19.4. The third kappa shape index (κ3) is 9.77. The van der Waals surface area contributed by atoms with Crippen LogP contribution >= 0.6 is 46.0 Å². The largest absolute Gasteiger partial charge is 0.598 e. The summed E-state index contributed by atoms with van der Waals surface area (Å²) in [5.41, 5.74) is -1.60. The zero-order valence-electron chi connectivity index (χ0n) is 28.6. The summed E-state index contributed by atoms with van der Waals surface area (Å²) in [6.45, 7) is 17.9. The molecule has 1 N–H and O–H groups in total. The molecule has 260 valence electrons. The number of carbonyl (C=O) groups excluding carboxylic acids is 2. The van der Waals surface area contributed by atoms with Crippen molar-refractivity contribution >= 4 is 81.1 Å². The summed E-state index contributed by atoms with van der Waals surface area (Å²) in [7, 11) is 0. The van der Waals surface area contributed by atoms with E-state index in [1.807, 2.05) is 20.8 Å². The average Bonchev–Trinajstić information content (AvgIpc) is 3.30. The molecule has 0 aromatic carbocycles. The summed E-state index contributed by atoms with van der Waals surface area (Å²) in [4.78, 5) is 43.8. The molecule has 1 saturated heterocycles. The molecular formula is C32H46ClIN6O5S2. The summed E-state index contributed by atoms with van der Waals surface area (Å²) in [5.74, 6) is 0.699. The third-order valence-corrected chi connectivity index (χ3v) is 12.2. The average molecular weight is 821 g/mol. The number of pyridine rings is 1. The topological polar surface area (TPSA) is 133 Å². The Balaban J connectivity index is 1.50. The van der Waals surface area contributed by atoms with Crippen LogP contribution in [-0.2, 0) is 20.8 Å². The first-order valence-electron chi connectivity index (χ1n) is 15.7. The molecule has 2 aromatic heterocycles. The van der Waals surface area contributed by atoms with Gasteiger partial charge in [-0.25, -0.2) is 24.5 Å². The van der Waals surface area contributed by atoms with Crippen molar-refractivity contribution in [1.82, 2.24) is 19.7 Å². The maximum absolute atomic E-state index is 13.2. The number of aromatic nitrogens is 3. The fraction of sp³-hybridized carbons (Fsp3) is 0.656. The van der Waals surface area contributed by atoms with Crippen LogP contribution in [0.25, 0.3) is 0 Å². The van der Waals surface area contributed by atoms with Crippen molar-refractivity contribution < 1.29 is 23.6 Å². The van der Waals surface area contributed by atoms with Crippen molar-refractivity contribution in [2.45, 2.75) is 126 Å². The maximum Gasteiger partial charge on any atom is 0.425 e. The summed E-state index contributed by atoms with van der Waals surface area (Å²) >= 11 is 9.13. The molecule has 11 nitrogen and oxygen atoms in total. The molecule has 15 heteroatoms. The van der Waals surface area contributed by atoms with E-state index in [4.69, 9.17) is 31.0 Å². The van der Waals surface area contributed by atoms with Crippen LogP contribution in [0.3, 0.4) is 0 Å². The summed E-state index contributed by atoms with van der Waals surface area (Å²) < 4.78 is 27.7. The van der Waals surface area contributed by atoms with Crippen LogP contribution in [0.1, 0.15) is 94.4 Å². The Bertz CT molecular complexity index is 1430. The van der Waals surface area contributed by atoms with Crippen molar-refractivity contribution in [3.63, 3.8) is 0 Å². The van der Waals surface area contributed by atoms with Crippen molar-refractivity contribution in [2.24, 2.45) is 5.41 Å². The highest BCUT2D eigenvalue weighted by atomic mass is 127. The Morgan fingerprint density at radius 1 is 1.06 bits per heavy atom. The van der Waals surface area contributed by atoms with Crippen LogP contribution in [0, 0.1) is 9.12 Å². The van der Waals surface area contributed by atoms with Gasteiger partial charge in [0.2, 0.25) is 0 Å². The van der Waals surface area contributed by atoms with E-state index in [2.05, 4.69) is 37.2 Å². The fourth-order valence-corrected chi connectivity index (χ4v) is 8.35. The molecule has 0 unspecified atom stereocenters. The Morgan fingerprint density at radius 3 is 2.19 bits per heavy atom. The molecule has 4 rings (SSSR count). The molecule has 2 atom stereocenters. The number of amides is 2. The predicted octanol–water partition coefficient (Wildman–Crippen LogP) is 8.15. The number of nitrogens with one attached hydrogen (secondary N) is 1. The zero-order chi connectivity index (χ0) is 34.9. The van der Waals surface area contributed by atoms with Gasteiger partial charge in [0, 0.05) is 35.5 Å². The van der Waals surface area contributed by atoms with E-state index in [1.54, 1.807) is 53.8 Å². The minimum absolute atomic E-state index is 0.0735. The minimum atomic E-state index is -1.09. The highest BCUT2D eigenvalue weighted by Crippen LogP contribution is 2.48. The van der Waals surface area contributed by atoms with Gasteiger partial charge < -0.3 is 18.9 Å². The van der Waals surface area contributed by atoms with E-state index in [9.17, 15) is 14.1 Å². The SMILES string of the molecule is CC(C)(C)OC(=O)N(C(=O)OC(C)(C)C)c1nccc(Sc2ncc(N3CCC4(CCC[C@H]4N[S@+]([O-])C(C)(C)C)CC3)nc2I)c1Cl. The summed E-state index contributed by atoms with van der Waals surface area (Å²) in [6.07, 6.45) is 6.68.